The molecule has 1 aliphatic heterocycles. The summed E-state index contributed by atoms with van der Waals surface area (Å²) in [4.78, 5) is 26.3. The van der Waals surface area contributed by atoms with Gasteiger partial charge in [0, 0.05) is 12.4 Å². The molecular weight excluding hydrogens is 370 g/mol. The number of carbonyl (C=O) groups excluding carboxylic acids is 1. The van der Waals surface area contributed by atoms with Crippen LogP contribution in [0.1, 0.15) is 12.0 Å². The van der Waals surface area contributed by atoms with Gasteiger partial charge >= 0.3 is 5.97 Å². The van der Waals surface area contributed by atoms with Gasteiger partial charge in [0.1, 0.15) is 17.6 Å². The van der Waals surface area contributed by atoms with Crippen LogP contribution in [0.2, 0.25) is 0 Å². The summed E-state index contributed by atoms with van der Waals surface area (Å²) in [6.07, 6.45) is 6.62. The maximum atomic E-state index is 11.6. The number of amides is 1. The number of nitrogens with one attached hydrogen (secondary N) is 1. The van der Waals surface area contributed by atoms with Gasteiger partial charge in [-0.05, 0) is 29.8 Å². The van der Waals surface area contributed by atoms with Crippen LogP contribution in [0.15, 0.2) is 53.2 Å². The van der Waals surface area contributed by atoms with Crippen LogP contribution >= 0.6 is 11.8 Å². The van der Waals surface area contributed by atoms with Crippen molar-refractivity contribution < 1.29 is 19.4 Å². The average Bonchev–Trinajstić information content (AvgIpc) is 3.26. The molecule has 0 bridgehead atoms. The fourth-order valence-corrected chi connectivity index (χ4v) is 3.15. The van der Waals surface area contributed by atoms with E-state index < -0.39 is 11.2 Å². The summed E-state index contributed by atoms with van der Waals surface area (Å²) in [5.74, 6) is -0.651. The number of carbonyl (C=O) groups is 2. The number of carboxylic acids is 1. The van der Waals surface area contributed by atoms with Crippen molar-refractivity contribution >= 4 is 35.0 Å². The largest absolute Gasteiger partial charge is 0.492 e. The van der Waals surface area contributed by atoms with E-state index in [1.807, 2.05) is 35.0 Å². The molecule has 2 N–H and O–H groups in total. The summed E-state index contributed by atoms with van der Waals surface area (Å²) in [6, 6.07) is 7.34. The number of hydrogen-bond acceptors (Lipinski definition) is 7. The highest BCUT2D eigenvalue weighted by Crippen LogP contribution is 2.22. The molecule has 1 saturated heterocycles. The Bertz CT molecular complexity index is 849. The van der Waals surface area contributed by atoms with E-state index in [1.54, 1.807) is 18.7 Å². The maximum Gasteiger partial charge on any atom is 0.305 e. The van der Waals surface area contributed by atoms with E-state index in [4.69, 9.17) is 9.84 Å². The molecule has 3 rings (SSSR count). The maximum absolute atomic E-state index is 11.6. The number of hydrogen-bond donors (Lipinski definition) is 2. The van der Waals surface area contributed by atoms with E-state index in [0.29, 0.717) is 18.3 Å². The van der Waals surface area contributed by atoms with Gasteiger partial charge in [0.2, 0.25) is 5.91 Å². The zero-order valence-electron chi connectivity index (χ0n) is 14.2. The summed E-state index contributed by atoms with van der Waals surface area (Å²) >= 11 is 1.06. The molecule has 1 aromatic carbocycles. The van der Waals surface area contributed by atoms with Crippen LogP contribution in [0.3, 0.4) is 0 Å². The number of amidine groups is 1. The van der Waals surface area contributed by atoms with E-state index in [2.05, 4.69) is 20.5 Å². The first-order chi connectivity index (χ1) is 13.1. The first kappa shape index (κ1) is 18.6. The first-order valence-corrected chi connectivity index (χ1v) is 8.97. The average molecular weight is 387 g/mol. The molecule has 1 aliphatic rings. The number of nitrogens with zero attached hydrogens (tertiary/aromatic N) is 4. The fourth-order valence-electron chi connectivity index (χ4n) is 2.23. The number of thioether (sulfide) groups is 1. The topological polar surface area (TPSA) is 118 Å². The molecule has 1 fully saturated rings. The quantitative estimate of drug-likeness (QED) is 0.522. The third kappa shape index (κ3) is 5.68. The minimum Gasteiger partial charge on any atom is -0.492 e. The Kier molecular flexibility index (Phi) is 6.21. The van der Waals surface area contributed by atoms with E-state index in [-0.39, 0.29) is 12.3 Å². The Morgan fingerprint density at radius 2 is 2.22 bits per heavy atom. The zero-order chi connectivity index (χ0) is 19.1. The van der Waals surface area contributed by atoms with Gasteiger partial charge in [-0.1, -0.05) is 11.8 Å². The molecule has 27 heavy (non-hydrogen) atoms. The predicted molar refractivity (Wildman–Crippen MR) is 101 cm³/mol. The number of imidazole rings is 1. The summed E-state index contributed by atoms with van der Waals surface area (Å²) in [7, 11) is 0. The molecule has 1 unspecified atom stereocenters. The number of carboxylic acid groups (broad SMARTS) is 1. The van der Waals surface area contributed by atoms with Gasteiger partial charge in [-0.15, -0.1) is 5.10 Å². The SMILES string of the molecule is O=C(O)CC1SC(=NN=Cc2ccc(OCCn3ccnc3)cc2)NC1=O. The molecular formula is C17H17N5O4S. The molecule has 0 radical (unpaired) electrons. The summed E-state index contributed by atoms with van der Waals surface area (Å²) in [5.41, 5.74) is 0.817. The Balaban J connectivity index is 1.47. The highest BCUT2D eigenvalue weighted by Gasteiger charge is 2.32. The van der Waals surface area contributed by atoms with Crippen molar-refractivity contribution in [1.82, 2.24) is 14.9 Å². The molecule has 0 saturated carbocycles. The number of rotatable bonds is 8. The fraction of sp³-hybridized carbons (Fsp3) is 0.235. The third-order valence-electron chi connectivity index (χ3n) is 3.55. The van der Waals surface area contributed by atoms with Gasteiger partial charge in [-0.2, -0.15) is 5.10 Å². The minimum atomic E-state index is -1.03. The highest BCUT2D eigenvalue weighted by molar-refractivity contribution is 8.15. The van der Waals surface area contributed by atoms with Crippen molar-refractivity contribution in [3.63, 3.8) is 0 Å². The first-order valence-electron chi connectivity index (χ1n) is 8.09. The lowest BCUT2D eigenvalue weighted by molar-refractivity contribution is -0.138. The van der Waals surface area contributed by atoms with E-state index in [1.165, 1.54) is 0 Å². The molecule has 9 nitrogen and oxygen atoms in total. The van der Waals surface area contributed by atoms with E-state index >= 15 is 0 Å². The monoisotopic (exact) mass is 387 g/mol. The van der Waals surface area contributed by atoms with Gasteiger partial charge in [0.05, 0.1) is 25.5 Å². The Hall–Kier alpha value is -3.14. The number of aromatic nitrogens is 2. The van der Waals surface area contributed by atoms with Crippen LogP contribution in [0, 0.1) is 0 Å². The van der Waals surface area contributed by atoms with Crippen molar-refractivity contribution in [2.75, 3.05) is 6.61 Å². The summed E-state index contributed by atoms with van der Waals surface area (Å²) in [5, 5.41) is 18.7. The van der Waals surface area contributed by atoms with Gasteiger partial charge in [0.15, 0.2) is 5.17 Å². The molecule has 1 atom stereocenters. The molecule has 0 spiro atoms. The molecule has 0 aliphatic carbocycles. The van der Waals surface area contributed by atoms with E-state index in [0.717, 1.165) is 23.1 Å². The van der Waals surface area contributed by atoms with Crippen molar-refractivity contribution in [3.8, 4) is 5.75 Å². The molecule has 1 amide bonds. The lowest BCUT2D eigenvalue weighted by Crippen LogP contribution is -2.26. The van der Waals surface area contributed by atoms with Gasteiger partial charge in [-0.3, -0.25) is 9.59 Å². The van der Waals surface area contributed by atoms with Crippen molar-refractivity contribution in [2.24, 2.45) is 10.2 Å². The van der Waals surface area contributed by atoms with Gasteiger partial charge in [0.25, 0.3) is 0 Å². The summed E-state index contributed by atoms with van der Waals surface area (Å²) in [6.45, 7) is 1.25. The Morgan fingerprint density at radius 3 is 2.93 bits per heavy atom. The molecule has 140 valence electrons. The minimum absolute atomic E-state index is 0.248. The van der Waals surface area contributed by atoms with Crippen LogP contribution in [-0.4, -0.2) is 49.8 Å². The molecule has 10 heteroatoms. The smallest absolute Gasteiger partial charge is 0.305 e. The van der Waals surface area contributed by atoms with Crippen LogP contribution in [-0.2, 0) is 16.1 Å². The van der Waals surface area contributed by atoms with Crippen molar-refractivity contribution in [2.45, 2.75) is 18.2 Å². The van der Waals surface area contributed by atoms with Crippen LogP contribution in [0.25, 0.3) is 0 Å². The summed E-state index contributed by atoms with van der Waals surface area (Å²) < 4.78 is 7.59. The Morgan fingerprint density at radius 1 is 1.41 bits per heavy atom. The molecule has 1 aromatic heterocycles. The number of benzene rings is 1. The van der Waals surface area contributed by atoms with Crippen molar-refractivity contribution in [3.05, 3.63) is 48.5 Å². The zero-order valence-corrected chi connectivity index (χ0v) is 15.0. The molecule has 2 aromatic rings. The number of aliphatic carboxylic acids is 1. The highest BCUT2D eigenvalue weighted by atomic mass is 32.2. The second-order valence-corrected chi connectivity index (χ2v) is 6.75. The second-order valence-electron chi connectivity index (χ2n) is 5.56. The van der Waals surface area contributed by atoms with Crippen molar-refractivity contribution in [1.29, 1.82) is 0 Å². The lowest BCUT2D eigenvalue weighted by atomic mass is 10.2. The molecule has 2 heterocycles. The van der Waals surface area contributed by atoms with Crippen LogP contribution in [0.5, 0.6) is 5.75 Å². The third-order valence-corrected chi connectivity index (χ3v) is 4.62. The normalized spacial score (nSPS) is 18.1. The van der Waals surface area contributed by atoms with Gasteiger partial charge in [-0.25, -0.2) is 4.98 Å². The lowest BCUT2D eigenvalue weighted by Gasteiger charge is -2.06. The Labute approximate surface area is 159 Å². The van der Waals surface area contributed by atoms with Crippen LogP contribution in [0.4, 0.5) is 0 Å². The second kappa shape index (κ2) is 8.99. The van der Waals surface area contributed by atoms with Crippen LogP contribution < -0.4 is 10.1 Å². The standard InChI is InChI=1S/C17H17N5O4S/c23-15(24)9-14-16(25)20-17(27-14)21-19-10-12-1-3-13(4-2-12)26-8-7-22-6-5-18-11-22/h1-6,10-11,14H,7-9H2,(H,23,24)(H,20,21,25). The number of ether oxygens (including phenoxy) is 1. The predicted octanol–water partition coefficient (Wildman–Crippen LogP) is 1.36. The van der Waals surface area contributed by atoms with Gasteiger partial charge < -0.3 is 19.7 Å². The van der Waals surface area contributed by atoms with E-state index in [9.17, 15) is 9.59 Å².